The first-order valence-corrected chi connectivity index (χ1v) is 5.83. The van der Waals surface area contributed by atoms with Crippen LogP contribution >= 0.6 is 11.6 Å². The largest absolute Gasteiger partial charge is 0.391 e. The Balaban J connectivity index is 2.39. The van der Waals surface area contributed by atoms with E-state index < -0.39 is 11.0 Å². The van der Waals surface area contributed by atoms with Crippen molar-refractivity contribution >= 4 is 23.0 Å². The minimum absolute atomic E-state index is 0.00778. The quantitative estimate of drug-likeness (QED) is 0.651. The van der Waals surface area contributed by atoms with Crippen LogP contribution in [-0.4, -0.2) is 29.2 Å². The number of nitro groups is 1. The first kappa shape index (κ1) is 12.1. The molecule has 0 bridgehead atoms. The fraction of sp³-hybridized carbons (Fsp3) is 0.455. The van der Waals surface area contributed by atoms with Crippen molar-refractivity contribution in [1.82, 2.24) is 0 Å². The molecule has 0 spiro atoms. The second kappa shape index (κ2) is 4.89. The molecule has 1 aromatic carbocycles. The van der Waals surface area contributed by atoms with Gasteiger partial charge in [-0.1, -0.05) is 17.7 Å². The van der Waals surface area contributed by atoms with Gasteiger partial charge in [0.05, 0.1) is 16.0 Å². The zero-order chi connectivity index (χ0) is 12.4. The van der Waals surface area contributed by atoms with Crippen LogP contribution in [0.2, 0.25) is 5.02 Å². The molecule has 0 saturated carbocycles. The first-order valence-electron chi connectivity index (χ1n) is 5.45. The van der Waals surface area contributed by atoms with Crippen molar-refractivity contribution in [2.45, 2.75) is 18.9 Å². The van der Waals surface area contributed by atoms with Crippen molar-refractivity contribution in [2.24, 2.45) is 0 Å². The summed E-state index contributed by atoms with van der Waals surface area (Å²) in [7, 11) is 0. The number of hydrogen-bond acceptors (Lipinski definition) is 4. The Morgan fingerprint density at radius 2 is 2.29 bits per heavy atom. The molecule has 0 amide bonds. The highest BCUT2D eigenvalue weighted by Crippen LogP contribution is 2.36. The molecule has 0 aromatic heterocycles. The van der Waals surface area contributed by atoms with Gasteiger partial charge in [-0.2, -0.15) is 0 Å². The van der Waals surface area contributed by atoms with E-state index in [1.807, 2.05) is 0 Å². The molecule has 17 heavy (non-hydrogen) atoms. The Morgan fingerprint density at radius 3 is 2.94 bits per heavy atom. The van der Waals surface area contributed by atoms with Gasteiger partial charge < -0.3 is 10.0 Å². The predicted molar refractivity (Wildman–Crippen MR) is 65.6 cm³/mol. The standard InChI is InChI=1S/C11H13ClN2O3/c12-9-4-1-5-10(14(16)17)11(9)13-6-2-3-8(15)7-13/h1,4-5,8,15H,2-3,6-7H2/t8-/m0/s1. The van der Waals surface area contributed by atoms with Gasteiger partial charge in [-0.05, 0) is 18.9 Å². The van der Waals surface area contributed by atoms with E-state index in [4.69, 9.17) is 11.6 Å². The van der Waals surface area contributed by atoms with Gasteiger partial charge in [0.15, 0.2) is 0 Å². The Labute approximate surface area is 104 Å². The number of nitro benzene ring substituents is 1. The number of benzene rings is 1. The average Bonchev–Trinajstić information content (AvgIpc) is 2.28. The van der Waals surface area contributed by atoms with Crippen molar-refractivity contribution in [1.29, 1.82) is 0 Å². The van der Waals surface area contributed by atoms with E-state index in [-0.39, 0.29) is 5.69 Å². The molecule has 1 heterocycles. The topological polar surface area (TPSA) is 66.6 Å². The van der Waals surface area contributed by atoms with E-state index in [9.17, 15) is 15.2 Å². The lowest BCUT2D eigenvalue weighted by atomic mass is 10.1. The molecule has 6 heteroatoms. The van der Waals surface area contributed by atoms with Gasteiger partial charge in [0.25, 0.3) is 5.69 Å². The molecule has 1 N–H and O–H groups in total. The lowest BCUT2D eigenvalue weighted by molar-refractivity contribution is -0.384. The summed E-state index contributed by atoms with van der Waals surface area (Å²) in [4.78, 5) is 12.3. The van der Waals surface area contributed by atoms with Crippen LogP contribution in [0.3, 0.4) is 0 Å². The lowest BCUT2D eigenvalue weighted by Gasteiger charge is -2.32. The Kier molecular flexibility index (Phi) is 3.49. The SMILES string of the molecule is O=[N+]([O-])c1cccc(Cl)c1N1CCC[C@H](O)C1. The average molecular weight is 257 g/mol. The van der Waals surface area contributed by atoms with Gasteiger partial charge in [-0.3, -0.25) is 10.1 Å². The maximum Gasteiger partial charge on any atom is 0.294 e. The van der Waals surface area contributed by atoms with Gasteiger partial charge in [-0.25, -0.2) is 0 Å². The Bertz CT molecular complexity index is 439. The van der Waals surface area contributed by atoms with Crippen molar-refractivity contribution in [3.05, 3.63) is 33.3 Å². The highest BCUT2D eigenvalue weighted by Gasteiger charge is 2.26. The zero-order valence-corrected chi connectivity index (χ0v) is 9.93. The zero-order valence-electron chi connectivity index (χ0n) is 9.17. The fourth-order valence-corrected chi connectivity index (χ4v) is 2.41. The number of rotatable bonds is 2. The Hall–Kier alpha value is -1.33. The Morgan fingerprint density at radius 1 is 1.53 bits per heavy atom. The molecule has 5 nitrogen and oxygen atoms in total. The summed E-state index contributed by atoms with van der Waals surface area (Å²) in [6, 6.07) is 4.62. The van der Waals surface area contributed by atoms with E-state index in [2.05, 4.69) is 0 Å². The summed E-state index contributed by atoms with van der Waals surface area (Å²) < 4.78 is 0. The number of hydrogen-bond donors (Lipinski definition) is 1. The lowest BCUT2D eigenvalue weighted by Crippen LogP contribution is -2.38. The molecular formula is C11H13ClN2O3. The third kappa shape index (κ3) is 2.50. The predicted octanol–water partition coefficient (Wildman–Crippen LogP) is 2.21. The molecular weight excluding hydrogens is 244 g/mol. The van der Waals surface area contributed by atoms with Crippen LogP contribution in [0.4, 0.5) is 11.4 Å². The fourth-order valence-electron chi connectivity index (χ4n) is 2.12. The van der Waals surface area contributed by atoms with Crippen LogP contribution in [-0.2, 0) is 0 Å². The number of para-hydroxylation sites is 1. The number of aliphatic hydroxyl groups is 1. The van der Waals surface area contributed by atoms with Crippen LogP contribution in [0.25, 0.3) is 0 Å². The number of aliphatic hydroxyl groups excluding tert-OH is 1. The van der Waals surface area contributed by atoms with Crippen LogP contribution in [0, 0.1) is 10.1 Å². The summed E-state index contributed by atoms with van der Waals surface area (Å²) in [5.41, 5.74) is 0.407. The third-order valence-corrected chi connectivity index (χ3v) is 3.18. The van der Waals surface area contributed by atoms with Crippen molar-refractivity contribution in [2.75, 3.05) is 18.0 Å². The van der Waals surface area contributed by atoms with Gasteiger partial charge >= 0.3 is 0 Å². The maximum absolute atomic E-state index is 11.0. The summed E-state index contributed by atoms with van der Waals surface area (Å²) in [6.45, 7) is 1.08. The highest BCUT2D eigenvalue weighted by atomic mass is 35.5. The summed E-state index contributed by atoms with van der Waals surface area (Å²) >= 11 is 6.03. The number of piperidine rings is 1. The molecule has 1 atom stereocenters. The minimum atomic E-state index is -0.445. The van der Waals surface area contributed by atoms with E-state index in [0.717, 1.165) is 12.8 Å². The smallest absolute Gasteiger partial charge is 0.294 e. The van der Waals surface area contributed by atoms with E-state index in [0.29, 0.717) is 23.8 Å². The van der Waals surface area contributed by atoms with Crippen LogP contribution in [0.5, 0.6) is 0 Å². The van der Waals surface area contributed by atoms with Gasteiger partial charge in [0.1, 0.15) is 5.69 Å². The molecule has 1 aliphatic rings. The second-order valence-electron chi connectivity index (χ2n) is 4.11. The summed E-state index contributed by atoms with van der Waals surface area (Å²) in [6.07, 6.45) is 1.10. The molecule has 1 aromatic rings. The van der Waals surface area contributed by atoms with Crippen molar-refractivity contribution < 1.29 is 10.0 Å². The van der Waals surface area contributed by atoms with Crippen LogP contribution in [0.15, 0.2) is 18.2 Å². The van der Waals surface area contributed by atoms with Crippen LogP contribution in [0.1, 0.15) is 12.8 Å². The highest BCUT2D eigenvalue weighted by molar-refractivity contribution is 6.33. The van der Waals surface area contributed by atoms with E-state index in [1.54, 1.807) is 17.0 Å². The molecule has 92 valence electrons. The molecule has 0 aliphatic carbocycles. The number of anilines is 1. The number of nitrogens with zero attached hydrogens (tertiary/aromatic N) is 2. The van der Waals surface area contributed by atoms with E-state index in [1.165, 1.54) is 6.07 Å². The van der Waals surface area contributed by atoms with Crippen molar-refractivity contribution in [3.63, 3.8) is 0 Å². The maximum atomic E-state index is 11.0. The van der Waals surface area contributed by atoms with Gasteiger partial charge in [0.2, 0.25) is 0 Å². The monoisotopic (exact) mass is 256 g/mol. The first-order chi connectivity index (χ1) is 8.09. The number of β-amino-alcohol motifs (C(OH)–C–C–N with tert-alkyl or cyclic N) is 1. The van der Waals surface area contributed by atoms with Crippen LogP contribution < -0.4 is 4.90 Å². The van der Waals surface area contributed by atoms with Gasteiger partial charge in [-0.15, -0.1) is 0 Å². The summed E-state index contributed by atoms with van der Waals surface area (Å²) in [5.74, 6) is 0. The van der Waals surface area contributed by atoms with E-state index >= 15 is 0 Å². The second-order valence-corrected chi connectivity index (χ2v) is 4.51. The molecule has 1 saturated heterocycles. The summed E-state index contributed by atoms with van der Waals surface area (Å²) in [5, 5.41) is 20.9. The van der Waals surface area contributed by atoms with Gasteiger partial charge in [0, 0.05) is 19.2 Å². The minimum Gasteiger partial charge on any atom is -0.391 e. The van der Waals surface area contributed by atoms with Crippen molar-refractivity contribution in [3.8, 4) is 0 Å². The molecule has 0 radical (unpaired) electrons. The molecule has 1 aliphatic heterocycles. The molecule has 2 rings (SSSR count). The number of halogens is 1. The normalized spacial score (nSPS) is 20.4. The molecule has 0 unspecified atom stereocenters. The molecule has 1 fully saturated rings. The third-order valence-electron chi connectivity index (χ3n) is 2.87.